The number of hydrogen-bond donors (Lipinski definition) is 1. The summed E-state index contributed by atoms with van der Waals surface area (Å²) in [6.45, 7) is 8.14. The van der Waals surface area contributed by atoms with Crippen molar-refractivity contribution in [3.8, 4) is 11.5 Å². The number of benzene rings is 1. The molecule has 2 aliphatic heterocycles. The fraction of sp³-hybridized carbons (Fsp3) is 0.562. The number of amidine groups is 1. The second-order valence-corrected chi connectivity index (χ2v) is 5.64. The van der Waals surface area contributed by atoms with Gasteiger partial charge in [-0.25, -0.2) is 0 Å². The third-order valence-corrected chi connectivity index (χ3v) is 3.92. The number of nitrogens with zero attached hydrogens (tertiary/aromatic N) is 1. The maximum absolute atomic E-state index is 5.96. The van der Waals surface area contributed by atoms with Crippen LogP contribution >= 0.6 is 0 Å². The van der Waals surface area contributed by atoms with Crippen LogP contribution in [0.3, 0.4) is 0 Å². The summed E-state index contributed by atoms with van der Waals surface area (Å²) in [4.78, 5) is 4.33. The van der Waals surface area contributed by atoms with E-state index >= 15 is 0 Å². The van der Waals surface area contributed by atoms with Crippen molar-refractivity contribution in [2.24, 2.45) is 4.99 Å². The van der Waals surface area contributed by atoms with Gasteiger partial charge in [0.25, 0.3) is 0 Å². The van der Waals surface area contributed by atoms with Gasteiger partial charge in [-0.15, -0.1) is 5.46 Å². The normalized spacial score (nSPS) is 18.6. The molecule has 0 aliphatic carbocycles. The molecule has 0 spiro atoms. The molecule has 3 rings (SSSR count). The number of ether oxygens (including phenoxy) is 2. The average Bonchev–Trinajstić information content (AvgIpc) is 3.12. The van der Waals surface area contributed by atoms with Crippen LogP contribution in [-0.2, 0) is 0 Å². The van der Waals surface area contributed by atoms with Crippen molar-refractivity contribution in [3.63, 3.8) is 0 Å². The molecular weight excluding hydrogens is 285 g/mol. The number of unbranched alkanes of at least 4 members (excludes halogenated alkanes) is 1. The largest absolute Gasteiger partial charge is 0.485 e. The molecule has 23 heavy (non-hydrogen) atoms. The third kappa shape index (κ3) is 3.70. The highest BCUT2D eigenvalue weighted by atomic mass is 16.6. The molecule has 0 fully saturated rings. The number of rotatable bonds is 2. The Labute approximate surface area is 142 Å². The Kier molecular flexibility index (Phi) is 6.08. The van der Waals surface area contributed by atoms with Gasteiger partial charge in [-0.3, -0.25) is 4.99 Å². The average molecular weight is 306 g/mol. The standard InChI is InChI=1S/C12H11B3N2O2.C4H10/c1-5-7(13)8(14)9(15)11-10(5)18-4-6(19-11)12-16-2-3-17-12;1-3-4-2/h6H,2-4H2,1H3,(H,16,17);3-4H2,1-2H3. The maximum atomic E-state index is 5.96. The van der Waals surface area contributed by atoms with Gasteiger partial charge in [-0.1, -0.05) is 37.6 Å². The van der Waals surface area contributed by atoms with E-state index in [1.807, 2.05) is 6.92 Å². The van der Waals surface area contributed by atoms with E-state index in [9.17, 15) is 0 Å². The van der Waals surface area contributed by atoms with Gasteiger partial charge in [0, 0.05) is 6.54 Å². The topological polar surface area (TPSA) is 42.8 Å². The van der Waals surface area contributed by atoms with Crippen LogP contribution in [0, 0.1) is 6.92 Å². The number of aliphatic imine (C=N–C) groups is 1. The van der Waals surface area contributed by atoms with Crippen LogP contribution in [0.15, 0.2) is 4.99 Å². The Bertz CT molecular complexity index is 604. The lowest BCUT2D eigenvalue weighted by atomic mass is 9.69. The van der Waals surface area contributed by atoms with E-state index in [1.54, 1.807) is 0 Å². The second-order valence-electron chi connectivity index (χ2n) is 5.64. The molecular formula is C16H21B3N2O2. The van der Waals surface area contributed by atoms with Crippen LogP contribution in [0.4, 0.5) is 0 Å². The first-order chi connectivity index (χ1) is 11.0. The molecule has 0 saturated heterocycles. The van der Waals surface area contributed by atoms with Crippen molar-refractivity contribution in [2.75, 3.05) is 19.7 Å². The molecule has 2 heterocycles. The summed E-state index contributed by atoms with van der Waals surface area (Å²) in [7, 11) is 17.7. The number of nitrogens with one attached hydrogen (secondary N) is 1. The van der Waals surface area contributed by atoms with Gasteiger partial charge in [0.15, 0.2) is 17.6 Å². The van der Waals surface area contributed by atoms with E-state index in [0.29, 0.717) is 34.5 Å². The van der Waals surface area contributed by atoms with Crippen LogP contribution in [0.1, 0.15) is 32.3 Å². The van der Waals surface area contributed by atoms with Crippen LogP contribution in [0.5, 0.6) is 11.5 Å². The first kappa shape index (κ1) is 17.8. The molecule has 0 aromatic heterocycles. The van der Waals surface area contributed by atoms with E-state index in [2.05, 4.69) is 24.2 Å². The van der Waals surface area contributed by atoms with Gasteiger partial charge in [0.1, 0.15) is 36.0 Å². The zero-order valence-electron chi connectivity index (χ0n) is 14.1. The van der Waals surface area contributed by atoms with E-state index in [0.717, 1.165) is 24.5 Å². The third-order valence-electron chi connectivity index (χ3n) is 3.92. The Balaban J connectivity index is 0.000000433. The molecule has 4 nitrogen and oxygen atoms in total. The Morgan fingerprint density at radius 1 is 1.09 bits per heavy atom. The molecule has 6 radical (unpaired) electrons. The lowest BCUT2D eigenvalue weighted by Crippen LogP contribution is -2.48. The fourth-order valence-electron chi connectivity index (χ4n) is 2.28. The summed E-state index contributed by atoms with van der Waals surface area (Å²) in [6.07, 6.45) is 2.36. The molecule has 1 aromatic carbocycles. The van der Waals surface area contributed by atoms with Gasteiger partial charge < -0.3 is 14.8 Å². The number of fused-ring (bicyclic) bond motifs is 1. The van der Waals surface area contributed by atoms with Crippen LogP contribution in [-0.4, -0.2) is 55.2 Å². The van der Waals surface area contributed by atoms with E-state index in [1.165, 1.54) is 12.8 Å². The molecule has 0 bridgehead atoms. The Morgan fingerprint density at radius 2 is 1.78 bits per heavy atom. The van der Waals surface area contributed by atoms with E-state index in [-0.39, 0.29) is 6.10 Å². The van der Waals surface area contributed by atoms with Crippen molar-refractivity contribution in [1.82, 2.24) is 5.32 Å². The summed E-state index contributed by atoms with van der Waals surface area (Å²) in [5, 5.41) is 3.17. The van der Waals surface area contributed by atoms with Gasteiger partial charge in [-0.05, 0) is 12.5 Å². The molecule has 0 saturated carbocycles. The van der Waals surface area contributed by atoms with Crippen LogP contribution in [0.25, 0.3) is 0 Å². The van der Waals surface area contributed by atoms with E-state index in [4.69, 9.17) is 33.0 Å². The summed E-state index contributed by atoms with van der Waals surface area (Å²) in [5.74, 6) is 1.81. The zero-order chi connectivity index (χ0) is 17.0. The quantitative estimate of drug-likeness (QED) is 0.737. The molecule has 1 aromatic rings. The second kappa shape index (κ2) is 7.85. The fourth-order valence-corrected chi connectivity index (χ4v) is 2.28. The predicted octanol–water partition coefficient (Wildman–Crippen LogP) is -0.676. The summed E-state index contributed by atoms with van der Waals surface area (Å²) < 4.78 is 11.6. The SMILES string of the molecule is CCCC.[B]c1c([B])c(C)c2c(c1[B])OC(C1=NCCN1)CO2. The van der Waals surface area contributed by atoms with Crippen molar-refractivity contribution in [1.29, 1.82) is 0 Å². The van der Waals surface area contributed by atoms with Crippen LogP contribution in [0.2, 0.25) is 0 Å². The minimum atomic E-state index is -0.278. The van der Waals surface area contributed by atoms with Crippen molar-refractivity contribution in [3.05, 3.63) is 5.56 Å². The lowest BCUT2D eigenvalue weighted by Gasteiger charge is -2.31. The smallest absolute Gasteiger partial charge is 0.189 e. The molecule has 116 valence electrons. The molecule has 1 atom stereocenters. The number of hydrogen-bond acceptors (Lipinski definition) is 4. The van der Waals surface area contributed by atoms with Gasteiger partial charge in [0.2, 0.25) is 0 Å². The molecule has 7 heteroatoms. The first-order valence-corrected chi connectivity index (χ1v) is 8.05. The Morgan fingerprint density at radius 3 is 2.35 bits per heavy atom. The monoisotopic (exact) mass is 306 g/mol. The molecule has 2 aliphatic rings. The minimum Gasteiger partial charge on any atom is -0.485 e. The van der Waals surface area contributed by atoms with Crippen LogP contribution < -0.4 is 31.2 Å². The summed E-state index contributed by atoms with van der Waals surface area (Å²) >= 11 is 0. The highest BCUT2D eigenvalue weighted by Gasteiger charge is 2.30. The Hall–Kier alpha value is -1.52. The van der Waals surface area contributed by atoms with Crippen molar-refractivity contribution >= 4 is 45.8 Å². The lowest BCUT2D eigenvalue weighted by molar-refractivity contribution is 0.134. The van der Waals surface area contributed by atoms with Crippen molar-refractivity contribution in [2.45, 2.75) is 39.7 Å². The highest BCUT2D eigenvalue weighted by Crippen LogP contribution is 2.31. The minimum absolute atomic E-state index is 0.278. The summed E-state index contributed by atoms with van der Waals surface area (Å²) in [6, 6.07) is 0. The predicted molar refractivity (Wildman–Crippen MR) is 98.1 cm³/mol. The highest BCUT2D eigenvalue weighted by molar-refractivity contribution is 6.58. The zero-order valence-corrected chi connectivity index (χ0v) is 14.1. The first-order valence-electron chi connectivity index (χ1n) is 8.05. The summed E-state index contributed by atoms with van der Waals surface area (Å²) in [5.41, 5.74) is 1.85. The molecule has 1 N–H and O–H groups in total. The molecule has 0 amide bonds. The van der Waals surface area contributed by atoms with Gasteiger partial charge in [0.05, 0.1) is 6.54 Å². The van der Waals surface area contributed by atoms with Gasteiger partial charge >= 0.3 is 0 Å². The van der Waals surface area contributed by atoms with Gasteiger partial charge in [-0.2, -0.15) is 0 Å². The van der Waals surface area contributed by atoms with Crippen molar-refractivity contribution < 1.29 is 9.47 Å². The maximum Gasteiger partial charge on any atom is 0.189 e. The molecule has 1 unspecified atom stereocenters. The van der Waals surface area contributed by atoms with E-state index < -0.39 is 0 Å².